The molecule has 10 heteroatoms. The Labute approximate surface area is 228 Å². The summed E-state index contributed by atoms with van der Waals surface area (Å²) in [5, 5.41) is 3.45. The van der Waals surface area contributed by atoms with E-state index in [0.29, 0.717) is 35.7 Å². The molecule has 3 N–H and O–H groups in total. The highest BCUT2D eigenvalue weighted by Gasteiger charge is 2.33. The van der Waals surface area contributed by atoms with E-state index < -0.39 is 24.3 Å². The molecule has 1 fully saturated rings. The molecule has 2 aromatic rings. The molecule has 202 valence electrons. The van der Waals surface area contributed by atoms with Gasteiger partial charge < -0.3 is 25.3 Å². The van der Waals surface area contributed by atoms with Crippen molar-refractivity contribution < 1.29 is 28.6 Å². The lowest BCUT2D eigenvalue weighted by molar-refractivity contribution is -0.180. The molecule has 2 aromatic carbocycles. The number of carbonyl (C=O) groups excluding carboxylic acids is 3. The van der Waals surface area contributed by atoms with E-state index in [4.69, 9.17) is 31.5 Å². The van der Waals surface area contributed by atoms with E-state index in [9.17, 15) is 14.4 Å². The van der Waals surface area contributed by atoms with Crippen LogP contribution in [0.15, 0.2) is 48.5 Å². The fraction of sp³-hybridized carbons (Fsp3) is 0.444. The number of halogens is 2. The van der Waals surface area contributed by atoms with Gasteiger partial charge in [0.15, 0.2) is 5.60 Å². The first-order valence-electron chi connectivity index (χ1n) is 12.1. The summed E-state index contributed by atoms with van der Waals surface area (Å²) in [6.07, 6.45) is 4.05. The first-order chi connectivity index (χ1) is 17.2. The van der Waals surface area contributed by atoms with Crippen LogP contribution in [0.3, 0.4) is 0 Å². The second-order valence-electron chi connectivity index (χ2n) is 9.34. The highest BCUT2D eigenvalue weighted by Crippen LogP contribution is 2.24. The number of benzene rings is 2. The minimum absolute atomic E-state index is 0. The Kier molecular flexibility index (Phi) is 11.7. The van der Waals surface area contributed by atoms with Crippen molar-refractivity contribution >= 4 is 41.9 Å². The molecule has 0 aromatic heterocycles. The van der Waals surface area contributed by atoms with E-state index in [2.05, 4.69) is 5.32 Å². The fourth-order valence-electron chi connectivity index (χ4n) is 3.96. The van der Waals surface area contributed by atoms with Crippen molar-refractivity contribution in [1.29, 1.82) is 0 Å². The van der Waals surface area contributed by atoms with E-state index in [1.54, 1.807) is 50.2 Å². The number of hydrogen-bond donors (Lipinski definition) is 2. The van der Waals surface area contributed by atoms with E-state index in [1.165, 1.54) is 0 Å². The second-order valence-corrected chi connectivity index (χ2v) is 9.77. The van der Waals surface area contributed by atoms with Gasteiger partial charge in [-0.2, -0.15) is 0 Å². The Morgan fingerprint density at radius 1 is 1.00 bits per heavy atom. The van der Waals surface area contributed by atoms with Gasteiger partial charge in [-0.3, -0.25) is 9.59 Å². The van der Waals surface area contributed by atoms with Gasteiger partial charge in [0.1, 0.15) is 5.75 Å². The highest BCUT2D eigenvalue weighted by molar-refractivity contribution is 6.30. The monoisotopic (exact) mass is 552 g/mol. The summed E-state index contributed by atoms with van der Waals surface area (Å²) in [6, 6.07) is 13.7. The third kappa shape index (κ3) is 9.22. The van der Waals surface area contributed by atoms with E-state index in [-0.39, 0.29) is 30.3 Å². The molecule has 0 heterocycles. The van der Waals surface area contributed by atoms with Crippen molar-refractivity contribution in [1.82, 2.24) is 5.32 Å². The molecular formula is C27H34Cl2N2O6. The van der Waals surface area contributed by atoms with Crippen molar-refractivity contribution in [3.8, 4) is 5.75 Å². The molecule has 1 aliphatic rings. The molecule has 0 saturated heterocycles. The molecule has 0 aliphatic heterocycles. The van der Waals surface area contributed by atoms with Crippen LogP contribution in [0.4, 0.5) is 0 Å². The molecule has 37 heavy (non-hydrogen) atoms. The van der Waals surface area contributed by atoms with Crippen LogP contribution in [0.5, 0.6) is 5.75 Å². The van der Waals surface area contributed by atoms with Crippen molar-refractivity contribution in [2.24, 2.45) is 11.7 Å². The molecule has 0 radical (unpaired) electrons. The Balaban J connectivity index is 0.00000481. The van der Waals surface area contributed by atoms with Crippen LogP contribution < -0.4 is 15.8 Å². The summed E-state index contributed by atoms with van der Waals surface area (Å²) < 4.78 is 16.0. The standard InChI is InChI=1S/C27H33ClN2O6.ClH/c1-27(2,26(33)35-17-34-25(32)22-5-3-4-6-23(22)29)36-21-13-7-18(8-14-21)15-16-30-24(31)19-9-11-20(28)12-10-19;/h7-14,22-23H,3-6,15-17,29H2,1-2H3,(H,30,31);1H/t22-,23-;/m1./s1. The normalized spacial score (nSPS) is 17.2. The maximum atomic E-state index is 12.5. The van der Waals surface area contributed by atoms with Crippen LogP contribution in [-0.2, 0) is 25.5 Å². The molecule has 2 atom stereocenters. The van der Waals surface area contributed by atoms with Crippen molar-refractivity contribution in [3.63, 3.8) is 0 Å². The zero-order valence-electron chi connectivity index (χ0n) is 21.0. The van der Waals surface area contributed by atoms with Crippen LogP contribution >= 0.6 is 24.0 Å². The quantitative estimate of drug-likeness (QED) is 0.330. The second kappa shape index (κ2) is 14.2. The van der Waals surface area contributed by atoms with Crippen molar-refractivity contribution in [3.05, 3.63) is 64.7 Å². The molecule has 0 spiro atoms. The molecule has 1 aliphatic carbocycles. The smallest absolute Gasteiger partial charge is 0.352 e. The highest BCUT2D eigenvalue weighted by atomic mass is 35.5. The zero-order valence-corrected chi connectivity index (χ0v) is 22.6. The first kappa shape index (κ1) is 30.4. The summed E-state index contributed by atoms with van der Waals surface area (Å²) >= 11 is 5.85. The largest absolute Gasteiger partial charge is 0.476 e. The number of nitrogens with one attached hydrogen (secondary N) is 1. The predicted molar refractivity (Wildman–Crippen MR) is 143 cm³/mol. The van der Waals surface area contributed by atoms with Crippen LogP contribution in [0.2, 0.25) is 5.02 Å². The molecular weight excluding hydrogens is 519 g/mol. The van der Waals surface area contributed by atoms with Gasteiger partial charge in [-0.05, 0) is 75.1 Å². The zero-order chi connectivity index (χ0) is 26.1. The van der Waals surface area contributed by atoms with Crippen LogP contribution in [0, 0.1) is 5.92 Å². The average molecular weight is 553 g/mol. The van der Waals surface area contributed by atoms with Crippen LogP contribution in [0.25, 0.3) is 0 Å². The maximum Gasteiger partial charge on any atom is 0.352 e. The summed E-state index contributed by atoms with van der Waals surface area (Å²) in [7, 11) is 0. The number of rotatable bonds is 10. The van der Waals surface area contributed by atoms with Crippen molar-refractivity contribution in [2.75, 3.05) is 13.3 Å². The lowest BCUT2D eigenvalue weighted by atomic mass is 9.85. The van der Waals surface area contributed by atoms with Crippen LogP contribution in [0.1, 0.15) is 55.5 Å². The van der Waals surface area contributed by atoms with Gasteiger partial charge >= 0.3 is 11.9 Å². The molecule has 0 bridgehead atoms. The van der Waals surface area contributed by atoms with E-state index in [0.717, 1.165) is 24.8 Å². The van der Waals surface area contributed by atoms with Crippen LogP contribution in [-0.4, -0.2) is 42.8 Å². The summed E-state index contributed by atoms with van der Waals surface area (Å²) in [5.41, 5.74) is 6.24. The third-order valence-corrected chi connectivity index (χ3v) is 6.36. The number of nitrogens with two attached hydrogens (primary N) is 1. The fourth-order valence-corrected chi connectivity index (χ4v) is 4.08. The summed E-state index contributed by atoms with van der Waals surface area (Å²) in [4.78, 5) is 36.9. The minimum atomic E-state index is -1.29. The maximum absolute atomic E-state index is 12.5. The molecule has 1 amide bonds. The average Bonchev–Trinajstić information content (AvgIpc) is 2.85. The number of amides is 1. The van der Waals surface area contributed by atoms with Gasteiger partial charge in [-0.25, -0.2) is 4.79 Å². The van der Waals surface area contributed by atoms with Gasteiger partial charge in [0.2, 0.25) is 6.79 Å². The Hall–Kier alpha value is -2.81. The SMILES string of the molecule is CC(C)(Oc1ccc(CCNC(=O)c2ccc(Cl)cc2)cc1)C(=O)OCOC(=O)[C@@H]1CCCC[C@H]1N.Cl. The lowest BCUT2D eigenvalue weighted by Gasteiger charge is -2.27. The van der Waals surface area contributed by atoms with E-state index >= 15 is 0 Å². The molecule has 3 rings (SSSR count). The lowest BCUT2D eigenvalue weighted by Crippen LogP contribution is -2.41. The Bertz CT molecular complexity index is 1040. The molecule has 8 nitrogen and oxygen atoms in total. The number of carbonyl (C=O) groups is 3. The predicted octanol–water partition coefficient (Wildman–Crippen LogP) is 4.45. The Morgan fingerprint density at radius 2 is 1.65 bits per heavy atom. The van der Waals surface area contributed by atoms with Gasteiger partial charge in [0, 0.05) is 23.2 Å². The number of esters is 2. The topological polar surface area (TPSA) is 117 Å². The minimum Gasteiger partial charge on any atom is -0.476 e. The van der Waals surface area contributed by atoms with Gasteiger partial charge in [0.25, 0.3) is 5.91 Å². The van der Waals surface area contributed by atoms with Gasteiger partial charge in [-0.1, -0.05) is 36.6 Å². The molecule has 0 unspecified atom stereocenters. The Morgan fingerprint density at radius 3 is 2.30 bits per heavy atom. The first-order valence-corrected chi connectivity index (χ1v) is 12.4. The number of hydrogen-bond acceptors (Lipinski definition) is 7. The van der Waals surface area contributed by atoms with E-state index in [1.807, 2.05) is 12.1 Å². The number of ether oxygens (including phenoxy) is 3. The summed E-state index contributed by atoms with van der Waals surface area (Å²) in [5.74, 6) is -1.13. The van der Waals surface area contributed by atoms with Gasteiger partial charge in [-0.15, -0.1) is 12.4 Å². The molecule has 1 saturated carbocycles. The third-order valence-electron chi connectivity index (χ3n) is 6.11. The van der Waals surface area contributed by atoms with Crippen molar-refractivity contribution in [2.45, 2.75) is 57.6 Å². The van der Waals surface area contributed by atoms with Gasteiger partial charge in [0.05, 0.1) is 5.92 Å². The summed E-state index contributed by atoms with van der Waals surface area (Å²) in [6.45, 7) is 3.14.